The number of carbonyl (C=O) groups excluding carboxylic acids is 2. The fourth-order valence-corrected chi connectivity index (χ4v) is 3.61. The molecular formula is C23H29N3O2. The Morgan fingerprint density at radius 3 is 2.36 bits per heavy atom. The molecule has 5 heteroatoms. The Bertz CT molecular complexity index is 796. The highest BCUT2D eigenvalue weighted by Gasteiger charge is 2.10. The Balaban J connectivity index is 1.45. The van der Waals surface area contributed by atoms with E-state index in [0.717, 1.165) is 30.5 Å². The van der Waals surface area contributed by atoms with Gasteiger partial charge in [0.25, 0.3) is 5.91 Å². The van der Waals surface area contributed by atoms with E-state index in [-0.39, 0.29) is 5.91 Å². The normalized spacial score (nSPS) is 14.6. The number of piperidine rings is 1. The summed E-state index contributed by atoms with van der Waals surface area (Å²) >= 11 is 0. The van der Waals surface area contributed by atoms with Gasteiger partial charge in [0, 0.05) is 17.7 Å². The predicted octanol–water partition coefficient (Wildman–Crippen LogP) is 3.45. The molecule has 5 nitrogen and oxygen atoms in total. The van der Waals surface area contributed by atoms with Gasteiger partial charge in [0.1, 0.15) is 0 Å². The van der Waals surface area contributed by atoms with Gasteiger partial charge in [-0.1, -0.05) is 30.7 Å². The van der Waals surface area contributed by atoms with E-state index in [1.165, 1.54) is 32.4 Å². The molecule has 2 amide bonds. The molecule has 1 aliphatic heterocycles. The molecule has 0 atom stereocenters. The maximum atomic E-state index is 12.3. The summed E-state index contributed by atoms with van der Waals surface area (Å²) in [4.78, 5) is 26.2. The van der Waals surface area contributed by atoms with Gasteiger partial charge < -0.3 is 16.0 Å². The zero-order valence-electron chi connectivity index (χ0n) is 16.3. The summed E-state index contributed by atoms with van der Waals surface area (Å²) < 4.78 is 0. The average Bonchev–Trinajstić information content (AvgIpc) is 2.74. The van der Waals surface area contributed by atoms with Gasteiger partial charge in [-0.3, -0.25) is 9.59 Å². The Morgan fingerprint density at radius 1 is 0.893 bits per heavy atom. The van der Waals surface area contributed by atoms with Crippen molar-refractivity contribution in [1.29, 1.82) is 0 Å². The van der Waals surface area contributed by atoms with Crippen molar-refractivity contribution in [3.8, 4) is 11.1 Å². The molecule has 0 spiro atoms. The zero-order valence-corrected chi connectivity index (χ0v) is 16.3. The largest absolute Gasteiger partial charge is 0.366 e. The van der Waals surface area contributed by atoms with Crippen molar-refractivity contribution in [3.05, 3.63) is 59.7 Å². The summed E-state index contributed by atoms with van der Waals surface area (Å²) in [6.45, 7) is 4.28. The van der Waals surface area contributed by atoms with Crippen LogP contribution in [-0.4, -0.2) is 42.9 Å². The molecule has 1 saturated heterocycles. The summed E-state index contributed by atoms with van der Waals surface area (Å²) in [6, 6.07) is 14.6. The maximum Gasteiger partial charge on any atom is 0.251 e. The summed E-state index contributed by atoms with van der Waals surface area (Å²) in [5.41, 5.74) is 8.31. The summed E-state index contributed by atoms with van der Waals surface area (Å²) in [7, 11) is 0. The second-order valence-corrected chi connectivity index (χ2v) is 7.39. The van der Waals surface area contributed by atoms with Gasteiger partial charge in [0.15, 0.2) is 0 Å². The number of nitrogens with one attached hydrogen (secondary N) is 1. The fourth-order valence-electron chi connectivity index (χ4n) is 3.61. The van der Waals surface area contributed by atoms with Gasteiger partial charge in [-0.25, -0.2) is 0 Å². The van der Waals surface area contributed by atoms with E-state index < -0.39 is 5.91 Å². The van der Waals surface area contributed by atoms with Crippen molar-refractivity contribution in [2.75, 3.05) is 26.2 Å². The molecule has 0 unspecified atom stereocenters. The minimum Gasteiger partial charge on any atom is -0.366 e. The molecule has 0 aliphatic carbocycles. The van der Waals surface area contributed by atoms with E-state index in [1.807, 2.05) is 30.3 Å². The topological polar surface area (TPSA) is 75.4 Å². The Hall–Kier alpha value is -2.66. The quantitative estimate of drug-likeness (QED) is 0.690. The number of hydrogen-bond acceptors (Lipinski definition) is 3. The molecular weight excluding hydrogens is 350 g/mol. The molecule has 3 N–H and O–H groups in total. The highest BCUT2D eigenvalue weighted by atomic mass is 16.2. The lowest BCUT2D eigenvalue weighted by Gasteiger charge is -2.26. The number of likely N-dealkylation sites (tertiary alicyclic amines) is 1. The number of rotatable bonds is 8. The monoisotopic (exact) mass is 379 g/mol. The van der Waals surface area contributed by atoms with Gasteiger partial charge in [0.2, 0.25) is 5.91 Å². The third kappa shape index (κ3) is 5.67. The van der Waals surface area contributed by atoms with Gasteiger partial charge in [-0.05, 0) is 80.7 Å². The minimum absolute atomic E-state index is 0.0459. The Labute approximate surface area is 166 Å². The van der Waals surface area contributed by atoms with Gasteiger partial charge >= 0.3 is 0 Å². The number of hydrogen-bond donors (Lipinski definition) is 2. The zero-order chi connectivity index (χ0) is 19.8. The average molecular weight is 380 g/mol. The van der Waals surface area contributed by atoms with Crippen LogP contribution in [0, 0.1) is 0 Å². The van der Waals surface area contributed by atoms with E-state index in [1.54, 1.807) is 18.2 Å². The molecule has 3 rings (SSSR count). The van der Waals surface area contributed by atoms with Crippen LogP contribution >= 0.6 is 0 Å². The number of nitrogens with zero attached hydrogens (tertiary/aromatic N) is 1. The third-order valence-corrected chi connectivity index (χ3v) is 5.26. The first-order chi connectivity index (χ1) is 13.6. The van der Waals surface area contributed by atoms with Crippen LogP contribution in [0.3, 0.4) is 0 Å². The van der Waals surface area contributed by atoms with Gasteiger partial charge in [0.05, 0.1) is 0 Å². The highest BCUT2D eigenvalue weighted by Crippen LogP contribution is 2.21. The molecule has 28 heavy (non-hydrogen) atoms. The predicted molar refractivity (Wildman–Crippen MR) is 112 cm³/mol. The molecule has 0 saturated carbocycles. The van der Waals surface area contributed by atoms with Crippen LogP contribution in [-0.2, 0) is 0 Å². The van der Waals surface area contributed by atoms with Gasteiger partial charge in [-0.2, -0.15) is 0 Å². The van der Waals surface area contributed by atoms with E-state index in [9.17, 15) is 9.59 Å². The number of unbranched alkanes of at least 4 members (excludes halogenated alkanes) is 1. The molecule has 1 heterocycles. The number of benzene rings is 2. The molecule has 0 bridgehead atoms. The number of primary amides is 1. The van der Waals surface area contributed by atoms with Crippen molar-refractivity contribution in [2.45, 2.75) is 32.1 Å². The molecule has 0 aromatic heterocycles. The molecule has 1 aliphatic rings. The van der Waals surface area contributed by atoms with Crippen LogP contribution in [0.1, 0.15) is 52.8 Å². The van der Waals surface area contributed by atoms with Crippen LogP contribution in [0.2, 0.25) is 0 Å². The van der Waals surface area contributed by atoms with Crippen LogP contribution in [0.4, 0.5) is 0 Å². The fraction of sp³-hybridized carbons (Fsp3) is 0.391. The molecule has 2 aromatic rings. The smallest absolute Gasteiger partial charge is 0.251 e. The highest BCUT2D eigenvalue weighted by molar-refractivity contribution is 5.95. The first-order valence-corrected chi connectivity index (χ1v) is 10.1. The van der Waals surface area contributed by atoms with E-state index in [2.05, 4.69) is 10.2 Å². The van der Waals surface area contributed by atoms with E-state index in [0.29, 0.717) is 17.7 Å². The lowest BCUT2D eigenvalue weighted by Crippen LogP contribution is -2.31. The van der Waals surface area contributed by atoms with Crippen LogP contribution in [0.5, 0.6) is 0 Å². The summed E-state index contributed by atoms with van der Waals surface area (Å²) in [6.07, 6.45) is 6.12. The van der Waals surface area contributed by atoms with Crippen molar-refractivity contribution >= 4 is 11.8 Å². The standard InChI is InChI=1S/C23H29N3O2/c24-22(27)21-8-6-7-20(17-21)18-9-11-19(12-10-18)23(28)25-13-2-5-16-26-14-3-1-4-15-26/h6-12,17H,1-5,13-16H2,(H2,24,27)(H,25,28). The first kappa shape index (κ1) is 20.1. The van der Waals surface area contributed by atoms with Crippen molar-refractivity contribution in [1.82, 2.24) is 10.2 Å². The van der Waals surface area contributed by atoms with E-state index in [4.69, 9.17) is 5.73 Å². The molecule has 148 valence electrons. The SMILES string of the molecule is NC(=O)c1cccc(-c2ccc(C(=O)NCCCCN3CCCCC3)cc2)c1. The van der Waals surface area contributed by atoms with Crippen molar-refractivity contribution in [3.63, 3.8) is 0 Å². The van der Waals surface area contributed by atoms with Crippen molar-refractivity contribution < 1.29 is 9.59 Å². The number of nitrogens with two attached hydrogens (primary N) is 1. The number of amides is 2. The maximum absolute atomic E-state index is 12.3. The van der Waals surface area contributed by atoms with Crippen molar-refractivity contribution in [2.24, 2.45) is 5.73 Å². The lowest BCUT2D eigenvalue weighted by atomic mass is 10.0. The minimum atomic E-state index is -0.446. The van der Waals surface area contributed by atoms with Crippen LogP contribution in [0.25, 0.3) is 11.1 Å². The molecule has 1 fully saturated rings. The first-order valence-electron chi connectivity index (χ1n) is 10.1. The molecule has 2 aromatic carbocycles. The Kier molecular flexibility index (Phi) is 7.20. The van der Waals surface area contributed by atoms with Crippen LogP contribution in [0.15, 0.2) is 48.5 Å². The summed E-state index contributed by atoms with van der Waals surface area (Å²) in [5.74, 6) is -0.492. The summed E-state index contributed by atoms with van der Waals surface area (Å²) in [5, 5.41) is 3.00. The molecule has 0 radical (unpaired) electrons. The van der Waals surface area contributed by atoms with E-state index >= 15 is 0 Å². The van der Waals surface area contributed by atoms with Gasteiger partial charge in [-0.15, -0.1) is 0 Å². The number of carbonyl (C=O) groups is 2. The second kappa shape index (κ2) is 10.0. The second-order valence-electron chi connectivity index (χ2n) is 7.39. The Morgan fingerprint density at radius 2 is 1.64 bits per heavy atom. The third-order valence-electron chi connectivity index (χ3n) is 5.26. The van der Waals surface area contributed by atoms with Crippen LogP contribution < -0.4 is 11.1 Å². The lowest BCUT2D eigenvalue weighted by molar-refractivity contribution is 0.0951.